The minimum atomic E-state index is -3.60. The first kappa shape index (κ1) is 8.65. The molecular weight excluding hydrogens is 212 g/mol. The van der Waals surface area contributed by atoms with Crippen molar-refractivity contribution < 1.29 is 8.42 Å². The van der Waals surface area contributed by atoms with Gasteiger partial charge in [-0.15, -0.1) is 0 Å². The smallest absolute Gasteiger partial charge is 0.198 e. The summed E-state index contributed by atoms with van der Waals surface area (Å²) in [4.78, 5) is 0.144. The van der Waals surface area contributed by atoms with E-state index in [4.69, 9.17) is 11.6 Å². The van der Waals surface area contributed by atoms with Crippen molar-refractivity contribution in [3.8, 4) is 0 Å². The summed E-state index contributed by atoms with van der Waals surface area (Å²) in [6, 6.07) is 6.44. The highest BCUT2D eigenvalue weighted by Gasteiger charge is 2.26. The Morgan fingerprint density at radius 2 is 2.00 bits per heavy atom. The van der Waals surface area contributed by atoms with E-state index in [1.807, 2.05) is 0 Å². The van der Waals surface area contributed by atoms with Crippen molar-refractivity contribution in [2.24, 2.45) is 9.63 Å². The van der Waals surface area contributed by atoms with Gasteiger partial charge < -0.3 is 0 Å². The highest BCUT2D eigenvalue weighted by atomic mass is 35.5. The van der Waals surface area contributed by atoms with Gasteiger partial charge in [-0.2, -0.15) is 13.5 Å². The summed E-state index contributed by atoms with van der Waals surface area (Å²) in [5.41, 5.74) is -0.209. The summed E-state index contributed by atoms with van der Waals surface area (Å²) in [6.45, 7) is 0. The minimum Gasteiger partial charge on any atom is -0.198 e. The van der Waals surface area contributed by atoms with Gasteiger partial charge in [0.25, 0.3) is 10.0 Å². The van der Waals surface area contributed by atoms with Gasteiger partial charge in [-0.05, 0) is 6.07 Å². The Kier molecular flexibility index (Phi) is 1.85. The van der Waals surface area contributed by atoms with E-state index in [0.29, 0.717) is 5.56 Å². The van der Waals surface area contributed by atoms with Gasteiger partial charge in [0, 0.05) is 5.56 Å². The van der Waals surface area contributed by atoms with Crippen molar-refractivity contribution in [2.45, 2.75) is 10.4 Å². The van der Waals surface area contributed by atoms with E-state index in [2.05, 4.69) is 9.63 Å². The van der Waals surface area contributed by atoms with Crippen molar-refractivity contribution >= 4 is 21.6 Å². The van der Waals surface area contributed by atoms with Crippen molar-refractivity contribution in [3.63, 3.8) is 0 Å². The Labute approximate surface area is 80.3 Å². The molecule has 0 saturated carbocycles. The molecule has 1 aromatic carbocycles. The number of alkyl halides is 1. The zero-order valence-corrected chi connectivity index (χ0v) is 7.96. The number of sulfonamides is 1. The molecule has 0 aliphatic carbocycles. The first-order valence-electron chi connectivity index (χ1n) is 3.51. The van der Waals surface area contributed by atoms with Gasteiger partial charge in [-0.3, -0.25) is 0 Å². The molecule has 13 heavy (non-hydrogen) atoms. The van der Waals surface area contributed by atoms with Gasteiger partial charge in [0.2, 0.25) is 0 Å². The lowest BCUT2D eigenvalue weighted by atomic mass is 10.2. The van der Waals surface area contributed by atoms with E-state index in [1.54, 1.807) is 18.2 Å². The van der Waals surface area contributed by atoms with Gasteiger partial charge in [0.15, 0.2) is 5.50 Å². The molecule has 1 aliphatic rings. The molecule has 0 aromatic heterocycles. The van der Waals surface area contributed by atoms with Gasteiger partial charge >= 0.3 is 0 Å². The molecule has 68 valence electrons. The molecule has 6 heteroatoms. The molecule has 1 aromatic rings. The highest BCUT2D eigenvalue weighted by molar-refractivity contribution is 7.90. The zero-order valence-electron chi connectivity index (χ0n) is 6.38. The third-order valence-electron chi connectivity index (χ3n) is 1.71. The molecule has 0 radical (unpaired) electrons. The fraction of sp³-hybridized carbons (Fsp3) is 0.143. The molecule has 0 amide bonds. The molecule has 0 N–H and O–H groups in total. The lowest BCUT2D eigenvalue weighted by Crippen LogP contribution is -2.06. The summed E-state index contributed by atoms with van der Waals surface area (Å²) in [6.07, 6.45) is 0. The zero-order chi connectivity index (χ0) is 9.47. The molecule has 4 nitrogen and oxygen atoms in total. The highest BCUT2D eigenvalue weighted by Crippen LogP contribution is 2.33. The van der Waals surface area contributed by atoms with Gasteiger partial charge in [-0.1, -0.05) is 34.3 Å². The van der Waals surface area contributed by atoms with E-state index in [1.165, 1.54) is 6.07 Å². The van der Waals surface area contributed by atoms with Crippen LogP contribution >= 0.6 is 11.6 Å². The summed E-state index contributed by atoms with van der Waals surface area (Å²) in [7, 11) is -3.60. The van der Waals surface area contributed by atoms with Crippen LogP contribution in [0.5, 0.6) is 0 Å². The maximum atomic E-state index is 11.3. The van der Waals surface area contributed by atoms with Gasteiger partial charge in [-0.25, -0.2) is 0 Å². The van der Waals surface area contributed by atoms with Crippen LogP contribution in [0.1, 0.15) is 11.1 Å². The first-order valence-corrected chi connectivity index (χ1v) is 5.39. The number of rotatable bonds is 0. The van der Waals surface area contributed by atoms with Crippen LogP contribution in [0.2, 0.25) is 0 Å². The molecule has 0 spiro atoms. The van der Waals surface area contributed by atoms with Crippen LogP contribution in [0.25, 0.3) is 0 Å². The van der Waals surface area contributed by atoms with Crippen LogP contribution in [0.3, 0.4) is 0 Å². The van der Waals surface area contributed by atoms with Crippen LogP contribution in [0.15, 0.2) is 38.8 Å². The summed E-state index contributed by atoms with van der Waals surface area (Å²) in [5, 5.41) is 3.43. The van der Waals surface area contributed by atoms with E-state index in [9.17, 15) is 8.42 Å². The first-order chi connectivity index (χ1) is 6.11. The number of fused-ring (bicyclic) bond motifs is 1. The fourth-order valence-electron chi connectivity index (χ4n) is 1.12. The topological polar surface area (TPSA) is 58.9 Å². The van der Waals surface area contributed by atoms with Crippen molar-refractivity contribution in [1.29, 1.82) is 0 Å². The molecule has 1 aliphatic heterocycles. The lowest BCUT2D eigenvalue weighted by molar-refractivity contribution is 0.588. The van der Waals surface area contributed by atoms with Crippen LogP contribution in [0, 0.1) is 0 Å². The minimum absolute atomic E-state index is 0.144. The number of nitrogens with zero attached hydrogens (tertiary/aromatic N) is 2. The third-order valence-corrected chi connectivity index (χ3v) is 3.27. The number of halogens is 1. The van der Waals surface area contributed by atoms with Crippen molar-refractivity contribution in [3.05, 3.63) is 29.8 Å². The molecule has 0 fully saturated rings. The average molecular weight is 217 g/mol. The number of hydrogen-bond acceptors (Lipinski definition) is 3. The molecular formula is C7H5ClN2O2S. The summed E-state index contributed by atoms with van der Waals surface area (Å²) < 4.78 is 25.7. The normalized spacial score (nSPS) is 23.9. The van der Waals surface area contributed by atoms with Crippen LogP contribution in [-0.2, 0) is 10.0 Å². The second-order valence-corrected chi connectivity index (χ2v) is 4.51. The third kappa shape index (κ3) is 1.34. The van der Waals surface area contributed by atoms with Crippen LogP contribution < -0.4 is 0 Å². The quantitative estimate of drug-likeness (QED) is 0.493. The van der Waals surface area contributed by atoms with Crippen molar-refractivity contribution in [1.82, 2.24) is 0 Å². The second-order valence-electron chi connectivity index (χ2n) is 2.55. The van der Waals surface area contributed by atoms with Gasteiger partial charge in [0.1, 0.15) is 0 Å². The number of benzene rings is 1. The van der Waals surface area contributed by atoms with Crippen molar-refractivity contribution in [2.75, 3.05) is 0 Å². The molecule has 1 atom stereocenters. The Bertz CT molecular complexity index is 469. The molecule has 2 rings (SSSR count). The van der Waals surface area contributed by atoms with Gasteiger partial charge in [0.05, 0.1) is 4.90 Å². The van der Waals surface area contributed by atoms with E-state index in [0.717, 1.165) is 0 Å². The molecule has 1 heterocycles. The predicted octanol–water partition coefficient (Wildman–Crippen LogP) is 2.08. The Morgan fingerprint density at radius 1 is 1.31 bits per heavy atom. The summed E-state index contributed by atoms with van der Waals surface area (Å²) >= 11 is 5.75. The van der Waals surface area contributed by atoms with Crippen LogP contribution in [0.4, 0.5) is 0 Å². The monoisotopic (exact) mass is 216 g/mol. The van der Waals surface area contributed by atoms with Crippen LogP contribution in [-0.4, -0.2) is 8.42 Å². The SMILES string of the molecule is O=S1(=O)N=NC(Cl)c2ccccc21. The Balaban J connectivity index is 2.76. The lowest BCUT2D eigenvalue weighted by Gasteiger charge is -2.12. The molecule has 1 unspecified atom stereocenters. The Hall–Kier alpha value is -0.940. The standard InChI is InChI=1S/C7H5ClN2O2S/c8-7-5-3-1-2-4-6(5)13(11,12)10-9-7/h1-4,7H. The molecule has 0 bridgehead atoms. The summed E-state index contributed by atoms with van der Waals surface area (Å²) in [5.74, 6) is 0. The van der Waals surface area contributed by atoms with E-state index in [-0.39, 0.29) is 4.90 Å². The van der Waals surface area contributed by atoms with E-state index < -0.39 is 15.5 Å². The Morgan fingerprint density at radius 3 is 2.69 bits per heavy atom. The second kappa shape index (κ2) is 2.78. The molecule has 0 saturated heterocycles. The maximum absolute atomic E-state index is 11.3. The van der Waals surface area contributed by atoms with E-state index >= 15 is 0 Å². The average Bonchev–Trinajstić information content (AvgIpc) is 2.13. The number of hydrogen-bond donors (Lipinski definition) is 0. The largest absolute Gasteiger partial charge is 0.299 e. The fourth-order valence-corrected chi connectivity index (χ4v) is 2.51. The maximum Gasteiger partial charge on any atom is 0.299 e. The predicted molar refractivity (Wildman–Crippen MR) is 47.1 cm³/mol.